The average molecular weight is 366 g/mol. The second-order valence-corrected chi connectivity index (χ2v) is 7.52. The summed E-state index contributed by atoms with van der Waals surface area (Å²) in [7, 11) is 0. The quantitative estimate of drug-likeness (QED) is 0.660. The van der Waals surface area contributed by atoms with E-state index in [-0.39, 0.29) is 18.0 Å². The van der Waals surface area contributed by atoms with Crippen LogP contribution in [0.25, 0.3) is 0 Å². The van der Waals surface area contributed by atoms with Crippen molar-refractivity contribution in [1.29, 1.82) is 0 Å². The fraction of sp³-hybridized carbons (Fsp3) is 0.227. The molecule has 3 nitrogen and oxygen atoms in total. The Bertz CT molecular complexity index is 813. The van der Waals surface area contributed by atoms with Gasteiger partial charge >= 0.3 is 0 Å². The molecule has 0 aliphatic rings. The standard InChI is InChI=1S/C22H24N2OS/c1-16-10-12-19(13-11-16)22(18-7-4-3-5-8-18)23-15-21(25)24-17(2)20-9-6-14-26-20/h3-14,17,22-23H,15H2,1-2H3,(H,24,25)/p+1/t17-,22+/m0/s1. The van der Waals surface area contributed by atoms with E-state index in [4.69, 9.17) is 0 Å². The lowest BCUT2D eigenvalue weighted by atomic mass is 9.98. The van der Waals surface area contributed by atoms with E-state index in [1.165, 1.54) is 21.6 Å². The summed E-state index contributed by atoms with van der Waals surface area (Å²) in [5.41, 5.74) is 3.65. The molecule has 1 amide bonds. The van der Waals surface area contributed by atoms with Crippen LogP contribution in [0.1, 0.15) is 40.6 Å². The van der Waals surface area contributed by atoms with E-state index in [1.54, 1.807) is 11.3 Å². The van der Waals surface area contributed by atoms with Crippen LogP contribution in [0, 0.1) is 6.92 Å². The Morgan fingerprint density at radius 1 is 1.00 bits per heavy atom. The highest BCUT2D eigenvalue weighted by molar-refractivity contribution is 7.10. The monoisotopic (exact) mass is 365 g/mol. The van der Waals surface area contributed by atoms with E-state index in [0.29, 0.717) is 6.54 Å². The number of hydrogen-bond donors (Lipinski definition) is 2. The average Bonchev–Trinajstić information content (AvgIpc) is 3.19. The number of nitrogens with one attached hydrogen (secondary N) is 1. The highest BCUT2D eigenvalue weighted by Crippen LogP contribution is 2.19. The Hall–Kier alpha value is -2.43. The first-order chi connectivity index (χ1) is 12.6. The fourth-order valence-corrected chi connectivity index (χ4v) is 3.77. The van der Waals surface area contributed by atoms with Crippen molar-refractivity contribution in [2.75, 3.05) is 6.54 Å². The van der Waals surface area contributed by atoms with Gasteiger partial charge in [-0.3, -0.25) is 4.79 Å². The summed E-state index contributed by atoms with van der Waals surface area (Å²) in [4.78, 5) is 13.6. The first kappa shape index (κ1) is 18.4. The summed E-state index contributed by atoms with van der Waals surface area (Å²) in [6.07, 6.45) is 0. The number of carbonyl (C=O) groups is 1. The lowest BCUT2D eigenvalue weighted by molar-refractivity contribution is -0.676. The lowest BCUT2D eigenvalue weighted by Crippen LogP contribution is -2.87. The molecule has 4 heteroatoms. The number of aryl methyl sites for hydroxylation is 1. The maximum Gasteiger partial charge on any atom is 0.275 e. The van der Waals surface area contributed by atoms with Gasteiger partial charge in [0, 0.05) is 16.0 Å². The lowest BCUT2D eigenvalue weighted by Gasteiger charge is -2.18. The van der Waals surface area contributed by atoms with E-state index in [0.717, 1.165) is 0 Å². The van der Waals surface area contributed by atoms with E-state index in [2.05, 4.69) is 60.0 Å². The smallest absolute Gasteiger partial charge is 0.275 e. The summed E-state index contributed by atoms with van der Waals surface area (Å²) in [5.74, 6) is 0.0546. The van der Waals surface area contributed by atoms with Gasteiger partial charge in [0.1, 0.15) is 6.04 Å². The van der Waals surface area contributed by atoms with Gasteiger partial charge < -0.3 is 10.6 Å². The first-order valence-corrected chi connectivity index (χ1v) is 9.79. The maximum absolute atomic E-state index is 12.4. The molecular formula is C22H25N2OS+. The number of nitrogens with two attached hydrogens (primary N) is 1. The number of rotatable bonds is 7. The van der Waals surface area contributed by atoms with Crippen LogP contribution in [-0.2, 0) is 4.79 Å². The van der Waals surface area contributed by atoms with Gasteiger partial charge in [-0.15, -0.1) is 11.3 Å². The van der Waals surface area contributed by atoms with Crippen molar-refractivity contribution in [1.82, 2.24) is 5.32 Å². The molecule has 3 rings (SSSR count). The molecule has 0 radical (unpaired) electrons. The van der Waals surface area contributed by atoms with Gasteiger partial charge in [-0.25, -0.2) is 0 Å². The van der Waals surface area contributed by atoms with Gasteiger partial charge in [0.2, 0.25) is 0 Å². The minimum absolute atomic E-state index is 0.0467. The Kier molecular flexibility index (Phi) is 6.21. The summed E-state index contributed by atoms with van der Waals surface area (Å²) < 4.78 is 0. The Morgan fingerprint density at radius 3 is 2.35 bits per heavy atom. The summed E-state index contributed by atoms with van der Waals surface area (Å²) in [6, 6.07) is 23.1. The first-order valence-electron chi connectivity index (χ1n) is 8.91. The SMILES string of the molecule is Cc1ccc([C@H]([NH2+]CC(=O)N[C@@H](C)c2cccs2)c2ccccc2)cc1. The summed E-state index contributed by atoms with van der Waals surface area (Å²) >= 11 is 1.67. The molecule has 0 aliphatic carbocycles. The Balaban J connectivity index is 1.68. The van der Waals surface area contributed by atoms with E-state index >= 15 is 0 Å². The van der Waals surface area contributed by atoms with Gasteiger partial charge in [0.25, 0.3) is 5.91 Å². The number of carbonyl (C=O) groups excluding carboxylic acids is 1. The third-order valence-corrected chi connectivity index (χ3v) is 5.54. The molecule has 3 aromatic rings. The molecule has 1 heterocycles. The molecule has 0 aliphatic heterocycles. The van der Waals surface area contributed by atoms with E-state index in [9.17, 15) is 4.79 Å². The molecule has 0 unspecified atom stereocenters. The van der Waals surface area contributed by atoms with Crippen LogP contribution in [0.5, 0.6) is 0 Å². The van der Waals surface area contributed by atoms with Crippen LogP contribution in [-0.4, -0.2) is 12.5 Å². The predicted molar refractivity (Wildman–Crippen MR) is 107 cm³/mol. The Morgan fingerprint density at radius 2 is 1.69 bits per heavy atom. The fourth-order valence-electron chi connectivity index (χ4n) is 3.03. The zero-order valence-electron chi connectivity index (χ0n) is 15.2. The molecule has 0 saturated heterocycles. The second-order valence-electron chi connectivity index (χ2n) is 6.54. The third-order valence-electron chi connectivity index (χ3n) is 4.48. The van der Waals surface area contributed by atoms with Crippen molar-refractivity contribution >= 4 is 17.2 Å². The van der Waals surface area contributed by atoms with Crippen LogP contribution in [0.2, 0.25) is 0 Å². The zero-order chi connectivity index (χ0) is 18.4. The van der Waals surface area contributed by atoms with Crippen molar-refractivity contribution < 1.29 is 10.1 Å². The molecule has 26 heavy (non-hydrogen) atoms. The van der Waals surface area contributed by atoms with Crippen LogP contribution in [0.15, 0.2) is 72.1 Å². The van der Waals surface area contributed by atoms with Crippen molar-refractivity contribution in [2.24, 2.45) is 0 Å². The zero-order valence-corrected chi connectivity index (χ0v) is 16.0. The maximum atomic E-state index is 12.4. The molecular weight excluding hydrogens is 340 g/mol. The van der Waals surface area contributed by atoms with Crippen LogP contribution in [0.3, 0.4) is 0 Å². The van der Waals surface area contributed by atoms with Gasteiger partial charge in [-0.2, -0.15) is 0 Å². The van der Waals surface area contributed by atoms with Gasteiger partial charge in [0.05, 0.1) is 6.04 Å². The minimum Gasteiger partial charge on any atom is -0.344 e. The van der Waals surface area contributed by atoms with Crippen molar-refractivity contribution in [3.8, 4) is 0 Å². The highest BCUT2D eigenvalue weighted by Gasteiger charge is 2.19. The van der Waals surface area contributed by atoms with E-state index in [1.807, 2.05) is 36.6 Å². The third kappa shape index (κ3) is 4.81. The Labute approximate surface area is 159 Å². The summed E-state index contributed by atoms with van der Waals surface area (Å²) in [6.45, 7) is 4.51. The number of quaternary nitrogens is 1. The number of benzene rings is 2. The number of hydrogen-bond acceptors (Lipinski definition) is 2. The van der Waals surface area contributed by atoms with Gasteiger partial charge in [-0.1, -0.05) is 66.2 Å². The van der Waals surface area contributed by atoms with Gasteiger partial charge in [0.15, 0.2) is 6.54 Å². The molecule has 1 aromatic heterocycles. The van der Waals surface area contributed by atoms with Crippen LogP contribution < -0.4 is 10.6 Å². The highest BCUT2D eigenvalue weighted by atomic mass is 32.1. The predicted octanol–water partition coefficient (Wildman–Crippen LogP) is 3.59. The largest absolute Gasteiger partial charge is 0.344 e. The molecule has 2 aromatic carbocycles. The second kappa shape index (κ2) is 8.79. The van der Waals surface area contributed by atoms with Gasteiger partial charge in [-0.05, 0) is 25.3 Å². The molecule has 0 fully saturated rings. The topological polar surface area (TPSA) is 45.7 Å². The number of amides is 1. The van der Waals surface area contributed by atoms with Crippen molar-refractivity contribution in [2.45, 2.75) is 25.9 Å². The van der Waals surface area contributed by atoms with Crippen molar-refractivity contribution in [3.05, 3.63) is 93.7 Å². The van der Waals surface area contributed by atoms with Crippen molar-refractivity contribution in [3.63, 3.8) is 0 Å². The molecule has 0 bridgehead atoms. The van der Waals surface area contributed by atoms with E-state index < -0.39 is 0 Å². The number of thiophene rings is 1. The molecule has 0 saturated carbocycles. The van der Waals surface area contributed by atoms with Crippen LogP contribution >= 0.6 is 11.3 Å². The summed E-state index contributed by atoms with van der Waals surface area (Å²) in [5, 5.41) is 7.23. The molecule has 3 N–H and O–H groups in total. The van der Waals surface area contributed by atoms with Crippen LogP contribution in [0.4, 0.5) is 0 Å². The minimum atomic E-state index is 0.0467. The molecule has 2 atom stereocenters. The molecule has 0 spiro atoms. The normalized spacial score (nSPS) is 13.2. The molecule has 134 valence electrons.